The fraction of sp³-hybridized carbons (Fsp3) is 0.267. The number of rotatable bonds is 4. The second-order valence-corrected chi connectivity index (χ2v) is 4.93. The minimum atomic E-state index is -4.49. The van der Waals surface area contributed by atoms with Gasteiger partial charge in [-0.25, -0.2) is 4.79 Å². The predicted molar refractivity (Wildman–Crippen MR) is 76.2 cm³/mol. The monoisotopic (exact) mass is 342 g/mol. The van der Waals surface area contributed by atoms with Gasteiger partial charge < -0.3 is 14.6 Å². The van der Waals surface area contributed by atoms with Crippen LogP contribution in [0.4, 0.5) is 19.0 Å². The lowest BCUT2D eigenvalue weighted by Crippen LogP contribution is -2.30. The molecule has 1 amide bonds. The topological polar surface area (TPSA) is 81.4 Å². The summed E-state index contributed by atoms with van der Waals surface area (Å²) in [7, 11) is 0. The van der Waals surface area contributed by atoms with Gasteiger partial charge in [-0.05, 0) is 38.1 Å². The van der Waals surface area contributed by atoms with E-state index in [1.165, 1.54) is 13.0 Å². The molecule has 0 saturated heterocycles. The minimum Gasteiger partial charge on any atom is -0.449 e. The van der Waals surface area contributed by atoms with Crippen LogP contribution in [0.25, 0.3) is 0 Å². The van der Waals surface area contributed by atoms with Gasteiger partial charge >= 0.3 is 12.1 Å². The largest absolute Gasteiger partial charge is 0.449 e. The third kappa shape index (κ3) is 4.34. The van der Waals surface area contributed by atoms with Crippen LogP contribution >= 0.6 is 0 Å². The Kier molecular flexibility index (Phi) is 4.91. The Balaban J connectivity index is 1.96. The van der Waals surface area contributed by atoms with Crippen LogP contribution in [0.2, 0.25) is 0 Å². The molecule has 0 fully saturated rings. The summed E-state index contributed by atoms with van der Waals surface area (Å²) in [4.78, 5) is 23.7. The van der Waals surface area contributed by atoms with E-state index < -0.39 is 29.7 Å². The first-order valence-electron chi connectivity index (χ1n) is 6.79. The molecule has 1 heterocycles. The minimum absolute atomic E-state index is 0.0973. The zero-order chi connectivity index (χ0) is 17.9. The summed E-state index contributed by atoms with van der Waals surface area (Å²) in [6, 6.07) is 4.97. The molecule has 0 saturated carbocycles. The number of benzene rings is 1. The molecule has 2 aromatic rings. The molecule has 1 aromatic heterocycles. The summed E-state index contributed by atoms with van der Waals surface area (Å²) in [5.41, 5.74) is -0.980. The third-order valence-electron chi connectivity index (χ3n) is 2.98. The van der Waals surface area contributed by atoms with Gasteiger partial charge in [-0.15, -0.1) is 0 Å². The molecule has 0 radical (unpaired) electrons. The van der Waals surface area contributed by atoms with E-state index >= 15 is 0 Å². The van der Waals surface area contributed by atoms with E-state index in [9.17, 15) is 22.8 Å². The zero-order valence-corrected chi connectivity index (χ0v) is 12.7. The maximum Gasteiger partial charge on any atom is 0.416 e. The van der Waals surface area contributed by atoms with Crippen LogP contribution in [-0.2, 0) is 15.7 Å². The van der Waals surface area contributed by atoms with Crippen molar-refractivity contribution in [3.8, 4) is 0 Å². The fourth-order valence-electron chi connectivity index (χ4n) is 1.73. The van der Waals surface area contributed by atoms with Crippen molar-refractivity contribution in [2.45, 2.75) is 26.1 Å². The quantitative estimate of drug-likeness (QED) is 0.863. The van der Waals surface area contributed by atoms with Crippen molar-refractivity contribution in [1.29, 1.82) is 0 Å². The van der Waals surface area contributed by atoms with Crippen LogP contribution in [0.3, 0.4) is 0 Å². The van der Waals surface area contributed by atoms with Crippen molar-refractivity contribution < 1.29 is 32.0 Å². The van der Waals surface area contributed by atoms with E-state index in [2.05, 4.69) is 10.5 Å². The molecule has 0 spiro atoms. The zero-order valence-electron chi connectivity index (χ0n) is 12.7. The summed E-state index contributed by atoms with van der Waals surface area (Å²) in [5.74, 6) is -0.916. The van der Waals surface area contributed by atoms with Gasteiger partial charge in [0.05, 0.1) is 11.1 Å². The SMILES string of the molecule is Cc1cc(NC(=O)[C@H](C)OC(=O)c2ccc(C(F)(F)F)cc2)no1. The molecule has 1 atom stereocenters. The van der Waals surface area contributed by atoms with Crippen molar-refractivity contribution >= 4 is 17.7 Å². The number of amides is 1. The van der Waals surface area contributed by atoms with Crippen LogP contribution in [0.5, 0.6) is 0 Å². The van der Waals surface area contributed by atoms with Gasteiger partial charge in [0.2, 0.25) is 0 Å². The number of ether oxygens (including phenoxy) is 1. The number of carbonyl (C=O) groups is 2. The molecule has 2 rings (SSSR count). The van der Waals surface area contributed by atoms with Crippen LogP contribution in [0.1, 0.15) is 28.6 Å². The molecule has 1 aromatic carbocycles. The average Bonchev–Trinajstić information content (AvgIpc) is 2.91. The van der Waals surface area contributed by atoms with E-state index in [1.54, 1.807) is 6.92 Å². The van der Waals surface area contributed by atoms with Gasteiger partial charge in [0.1, 0.15) is 5.76 Å². The highest BCUT2D eigenvalue weighted by molar-refractivity contribution is 5.96. The standard InChI is InChI=1S/C15H13F3N2O4/c1-8-7-12(20-24-8)19-13(21)9(2)23-14(22)10-3-5-11(6-4-10)15(16,17)18/h3-7,9H,1-2H3,(H,19,20,21)/t9-/m0/s1. The summed E-state index contributed by atoms with van der Waals surface area (Å²) < 4.78 is 47.1. The Labute approximate surface area is 134 Å². The highest BCUT2D eigenvalue weighted by Crippen LogP contribution is 2.29. The van der Waals surface area contributed by atoms with Gasteiger partial charge in [-0.1, -0.05) is 5.16 Å². The number of carbonyl (C=O) groups excluding carboxylic acids is 2. The second-order valence-electron chi connectivity index (χ2n) is 4.93. The third-order valence-corrected chi connectivity index (χ3v) is 2.98. The molecule has 24 heavy (non-hydrogen) atoms. The first kappa shape index (κ1) is 17.5. The fourth-order valence-corrected chi connectivity index (χ4v) is 1.73. The Morgan fingerprint density at radius 1 is 1.25 bits per heavy atom. The number of hydrogen-bond donors (Lipinski definition) is 1. The van der Waals surface area contributed by atoms with Gasteiger partial charge in [-0.3, -0.25) is 4.79 Å². The van der Waals surface area contributed by atoms with Gasteiger partial charge in [0.25, 0.3) is 5.91 Å². The molecular weight excluding hydrogens is 329 g/mol. The van der Waals surface area contributed by atoms with E-state index in [1.807, 2.05) is 0 Å². The maximum atomic E-state index is 12.5. The van der Waals surface area contributed by atoms with E-state index in [0.29, 0.717) is 5.76 Å². The Hall–Kier alpha value is -2.84. The van der Waals surface area contributed by atoms with Gasteiger partial charge in [0.15, 0.2) is 11.9 Å². The highest BCUT2D eigenvalue weighted by Gasteiger charge is 2.30. The highest BCUT2D eigenvalue weighted by atomic mass is 19.4. The number of halogens is 3. The average molecular weight is 342 g/mol. The number of aromatic nitrogens is 1. The number of aryl methyl sites for hydroxylation is 1. The predicted octanol–water partition coefficient (Wildman–Crippen LogP) is 3.19. The molecule has 6 nitrogen and oxygen atoms in total. The Morgan fingerprint density at radius 2 is 1.88 bits per heavy atom. The van der Waals surface area contributed by atoms with Crippen LogP contribution < -0.4 is 5.32 Å². The van der Waals surface area contributed by atoms with Crippen molar-refractivity contribution in [3.05, 3.63) is 47.2 Å². The number of esters is 1. The lowest BCUT2D eigenvalue weighted by atomic mass is 10.1. The second kappa shape index (κ2) is 6.73. The normalized spacial score (nSPS) is 12.5. The summed E-state index contributed by atoms with van der Waals surface area (Å²) in [6.07, 6.45) is -5.66. The van der Waals surface area contributed by atoms with Gasteiger partial charge in [0, 0.05) is 6.07 Å². The lowest BCUT2D eigenvalue weighted by molar-refractivity contribution is -0.137. The number of alkyl halides is 3. The van der Waals surface area contributed by atoms with Crippen molar-refractivity contribution in [1.82, 2.24) is 5.16 Å². The van der Waals surface area contributed by atoms with E-state index in [4.69, 9.17) is 9.26 Å². The Morgan fingerprint density at radius 3 is 2.38 bits per heavy atom. The molecule has 128 valence electrons. The summed E-state index contributed by atoms with van der Waals surface area (Å²) in [5, 5.41) is 5.93. The Bertz CT molecular complexity index is 738. The molecule has 1 N–H and O–H groups in total. The van der Waals surface area contributed by atoms with Crippen molar-refractivity contribution in [3.63, 3.8) is 0 Å². The smallest absolute Gasteiger partial charge is 0.416 e. The summed E-state index contributed by atoms with van der Waals surface area (Å²) in [6.45, 7) is 2.96. The van der Waals surface area contributed by atoms with Crippen molar-refractivity contribution in [2.24, 2.45) is 0 Å². The molecule has 0 aliphatic heterocycles. The van der Waals surface area contributed by atoms with Crippen LogP contribution in [-0.4, -0.2) is 23.1 Å². The molecule has 0 aliphatic carbocycles. The van der Waals surface area contributed by atoms with Crippen LogP contribution in [0, 0.1) is 6.92 Å². The number of anilines is 1. The number of hydrogen-bond acceptors (Lipinski definition) is 5. The summed E-state index contributed by atoms with van der Waals surface area (Å²) >= 11 is 0. The molecule has 0 bridgehead atoms. The van der Waals surface area contributed by atoms with Crippen LogP contribution in [0.15, 0.2) is 34.9 Å². The number of nitrogens with zero attached hydrogens (tertiary/aromatic N) is 1. The molecule has 0 aliphatic rings. The first-order chi connectivity index (χ1) is 11.2. The van der Waals surface area contributed by atoms with E-state index in [0.717, 1.165) is 24.3 Å². The van der Waals surface area contributed by atoms with Crippen molar-refractivity contribution in [2.75, 3.05) is 5.32 Å². The van der Waals surface area contributed by atoms with E-state index in [-0.39, 0.29) is 11.4 Å². The molecule has 9 heteroatoms. The molecule has 0 unspecified atom stereocenters. The van der Waals surface area contributed by atoms with Gasteiger partial charge in [-0.2, -0.15) is 13.2 Å². The number of nitrogens with one attached hydrogen (secondary N) is 1. The first-order valence-corrected chi connectivity index (χ1v) is 6.79. The lowest BCUT2D eigenvalue weighted by Gasteiger charge is -2.12. The maximum absolute atomic E-state index is 12.5. The molecular formula is C15H13F3N2O4.